The molecule has 0 aliphatic rings. The van der Waals surface area contributed by atoms with Crippen molar-refractivity contribution in [2.75, 3.05) is 33.8 Å². The Morgan fingerprint density at radius 1 is 1.26 bits per heavy atom. The molecule has 10 heteroatoms. The van der Waals surface area contributed by atoms with E-state index in [1.165, 1.54) is 29.8 Å². The molecule has 0 spiro atoms. The third-order valence-electron chi connectivity index (χ3n) is 5.06. The SMILES string of the molecule is CCc1ccc(C(C=NC)NC(=O)C(=N)CN(N)CCNC(=O)c2ccc(F)cc2OC)cc1. The fourth-order valence-corrected chi connectivity index (χ4v) is 3.16. The highest BCUT2D eigenvalue weighted by Gasteiger charge is 2.18. The molecule has 182 valence electrons. The van der Waals surface area contributed by atoms with Gasteiger partial charge in [0.1, 0.15) is 17.3 Å². The average molecular weight is 471 g/mol. The molecule has 0 radical (unpaired) electrons. The first-order valence-electron chi connectivity index (χ1n) is 10.8. The number of hydrazine groups is 1. The molecule has 5 N–H and O–H groups in total. The summed E-state index contributed by atoms with van der Waals surface area (Å²) in [6.07, 6.45) is 2.51. The number of benzene rings is 2. The van der Waals surface area contributed by atoms with E-state index in [4.69, 9.17) is 16.0 Å². The summed E-state index contributed by atoms with van der Waals surface area (Å²) in [4.78, 5) is 28.9. The summed E-state index contributed by atoms with van der Waals surface area (Å²) in [7, 11) is 2.96. The van der Waals surface area contributed by atoms with Crippen LogP contribution in [0.4, 0.5) is 4.39 Å². The van der Waals surface area contributed by atoms with E-state index < -0.39 is 23.7 Å². The maximum Gasteiger partial charge on any atom is 0.267 e. The van der Waals surface area contributed by atoms with Gasteiger partial charge in [-0.2, -0.15) is 0 Å². The van der Waals surface area contributed by atoms with Gasteiger partial charge in [0.15, 0.2) is 0 Å². The lowest BCUT2D eigenvalue weighted by atomic mass is 10.0. The molecule has 0 aromatic heterocycles. The number of carbonyl (C=O) groups excluding carboxylic acids is 2. The highest BCUT2D eigenvalue weighted by Crippen LogP contribution is 2.19. The lowest BCUT2D eigenvalue weighted by Gasteiger charge is -2.19. The summed E-state index contributed by atoms with van der Waals surface area (Å²) in [6.45, 7) is 2.28. The van der Waals surface area contributed by atoms with Gasteiger partial charge in [0.25, 0.3) is 11.8 Å². The Kier molecular flexibility index (Phi) is 10.3. The predicted molar refractivity (Wildman–Crippen MR) is 130 cm³/mol. The highest BCUT2D eigenvalue weighted by molar-refractivity contribution is 6.38. The van der Waals surface area contributed by atoms with Gasteiger partial charge in [-0.25, -0.2) is 9.40 Å². The fourth-order valence-electron chi connectivity index (χ4n) is 3.16. The Morgan fingerprint density at radius 3 is 2.59 bits per heavy atom. The third kappa shape index (κ3) is 7.75. The molecule has 0 aliphatic heterocycles. The summed E-state index contributed by atoms with van der Waals surface area (Å²) in [5.41, 5.74) is 2.00. The first-order chi connectivity index (χ1) is 16.3. The Balaban J connectivity index is 1.85. The van der Waals surface area contributed by atoms with E-state index in [2.05, 4.69) is 22.5 Å². The third-order valence-corrected chi connectivity index (χ3v) is 5.06. The van der Waals surface area contributed by atoms with Gasteiger partial charge in [-0.1, -0.05) is 31.2 Å². The van der Waals surface area contributed by atoms with Crippen LogP contribution in [0.1, 0.15) is 34.5 Å². The maximum absolute atomic E-state index is 13.3. The van der Waals surface area contributed by atoms with Crippen molar-refractivity contribution in [1.82, 2.24) is 15.6 Å². The van der Waals surface area contributed by atoms with E-state index in [1.54, 1.807) is 13.3 Å². The molecular formula is C24H31FN6O3. The second kappa shape index (κ2) is 13.2. The van der Waals surface area contributed by atoms with Gasteiger partial charge in [0.2, 0.25) is 0 Å². The highest BCUT2D eigenvalue weighted by atomic mass is 19.1. The second-order valence-corrected chi connectivity index (χ2v) is 7.50. The summed E-state index contributed by atoms with van der Waals surface area (Å²) in [5.74, 6) is 4.50. The van der Waals surface area contributed by atoms with Crippen LogP contribution >= 0.6 is 0 Å². The lowest BCUT2D eigenvalue weighted by molar-refractivity contribution is -0.115. The molecule has 2 rings (SSSR count). The number of carbonyl (C=O) groups is 2. The maximum atomic E-state index is 13.3. The molecule has 2 aromatic rings. The number of hydrogen-bond acceptors (Lipinski definition) is 7. The predicted octanol–water partition coefficient (Wildman–Crippen LogP) is 1.88. The number of hydrogen-bond donors (Lipinski definition) is 4. The van der Waals surface area contributed by atoms with Gasteiger partial charge in [0.05, 0.1) is 25.3 Å². The number of halogens is 1. The van der Waals surface area contributed by atoms with Gasteiger partial charge in [-0.15, -0.1) is 0 Å². The topological polar surface area (TPSA) is 133 Å². The van der Waals surface area contributed by atoms with Crippen LogP contribution in [0.5, 0.6) is 5.75 Å². The minimum Gasteiger partial charge on any atom is -0.496 e. The molecule has 0 aliphatic carbocycles. The molecule has 9 nitrogen and oxygen atoms in total. The molecule has 1 atom stereocenters. The molecule has 34 heavy (non-hydrogen) atoms. The Hall–Kier alpha value is -3.63. The van der Waals surface area contributed by atoms with Gasteiger partial charge in [0, 0.05) is 32.4 Å². The van der Waals surface area contributed by atoms with Crippen LogP contribution in [0.25, 0.3) is 0 Å². The van der Waals surface area contributed by atoms with E-state index in [9.17, 15) is 14.0 Å². The zero-order valence-electron chi connectivity index (χ0n) is 19.6. The molecule has 0 saturated carbocycles. The van der Waals surface area contributed by atoms with Crippen molar-refractivity contribution in [1.29, 1.82) is 5.41 Å². The van der Waals surface area contributed by atoms with E-state index in [0.717, 1.165) is 18.1 Å². The van der Waals surface area contributed by atoms with Crippen LogP contribution < -0.4 is 21.2 Å². The van der Waals surface area contributed by atoms with Gasteiger partial charge < -0.3 is 15.4 Å². The van der Waals surface area contributed by atoms with Crippen molar-refractivity contribution in [2.24, 2.45) is 10.8 Å². The quantitative estimate of drug-likeness (QED) is 0.214. The minimum atomic E-state index is -0.569. The summed E-state index contributed by atoms with van der Waals surface area (Å²) >= 11 is 0. The van der Waals surface area contributed by atoms with Crippen molar-refractivity contribution in [2.45, 2.75) is 19.4 Å². The van der Waals surface area contributed by atoms with Crippen LogP contribution in [0, 0.1) is 11.2 Å². The fraction of sp³-hybridized carbons (Fsp3) is 0.333. The van der Waals surface area contributed by atoms with E-state index >= 15 is 0 Å². The smallest absolute Gasteiger partial charge is 0.267 e. The van der Waals surface area contributed by atoms with Crippen LogP contribution in [-0.4, -0.2) is 62.5 Å². The number of amides is 2. The summed E-state index contributed by atoms with van der Waals surface area (Å²) < 4.78 is 18.3. The van der Waals surface area contributed by atoms with E-state index in [1.807, 2.05) is 24.3 Å². The summed E-state index contributed by atoms with van der Waals surface area (Å²) in [5, 5.41) is 14.8. The van der Waals surface area contributed by atoms with Gasteiger partial charge in [-0.05, 0) is 29.7 Å². The molecular weight excluding hydrogens is 439 g/mol. The molecule has 0 saturated heterocycles. The van der Waals surface area contributed by atoms with Crippen molar-refractivity contribution >= 4 is 23.7 Å². The van der Waals surface area contributed by atoms with Crippen LogP contribution in [0.3, 0.4) is 0 Å². The van der Waals surface area contributed by atoms with Crippen LogP contribution in [0.2, 0.25) is 0 Å². The zero-order chi connectivity index (χ0) is 25.1. The first kappa shape index (κ1) is 26.6. The largest absolute Gasteiger partial charge is 0.496 e. The van der Waals surface area contributed by atoms with E-state index in [0.29, 0.717) is 0 Å². The Morgan fingerprint density at radius 2 is 1.97 bits per heavy atom. The number of nitrogens with zero attached hydrogens (tertiary/aromatic N) is 2. The number of aliphatic imine (C=N–C) groups is 1. The standard InChI is InChI=1S/C24H31FN6O3/c1-4-16-5-7-17(8-6-16)21(14-28-2)30-24(33)20(26)15-31(27)12-11-29-23(32)19-10-9-18(25)13-22(19)34-3/h5-10,13-14,21,26H,4,11-12,15,27H2,1-3H3,(H,29,32)(H,30,33). The van der Waals surface area contributed by atoms with Crippen LogP contribution in [-0.2, 0) is 11.2 Å². The van der Waals surface area contributed by atoms with Gasteiger partial charge in [-0.3, -0.25) is 25.8 Å². The normalized spacial score (nSPS) is 11.9. The van der Waals surface area contributed by atoms with Crippen molar-refractivity contribution in [3.63, 3.8) is 0 Å². The first-order valence-corrected chi connectivity index (χ1v) is 10.8. The summed E-state index contributed by atoms with van der Waals surface area (Å²) in [6, 6.07) is 11.0. The molecule has 2 aromatic carbocycles. The van der Waals surface area contributed by atoms with Crippen molar-refractivity contribution in [3.8, 4) is 5.75 Å². The number of rotatable bonds is 12. The average Bonchev–Trinajstić information content (AvgIpc) is 2.83. The second-order valence-electron chi connectivity index (χ2n) is 7.50. The minimum absolute atomic E-state index is 0.119. The number of ether oxygens (including phenoxy) is 1. The van der Waals surface area contributed by atoms with Gasteiger partial charge >= 0.3 is 0 Å². The zero-order valence-corrected chi connectivity index (χ0v) is 19.6. The molecule has 2 amide bonds. The molecule has 0 fully saturated rings. The van der Waals surface area contributed by atoms with E-state index in [-0.39, 0.29) is 36.7 Å². The van der Waals surface area contributed by atoms with Crippen molar-refractivity contribution in [3.05, 3.63) is 65.0 Å². The lowest BCUT2D eigenvalue weighted by Crippen LogP contribution is -2.46. The number of aryl methyl sites for hydroxylation is 1. The molecule has 0 heterocycles. The molecule has 1 unspecified atom stereocenters. The number of nitrogens with two attached hydrogens (primary N) is 1. The Labute approximate surface area is 198 Å². The monoisotopic (exact) mass is 470 g/mol. The number of methoxy groups -OCH3 is 1. The number of nitrogens with one attached hydrogen (secondary N) is 3. The Bertz CT molecular complexity index is 1030. The molecule has 0 bridgehead atoms. The van der Waals surface area contributed by atoms with Crippen LogP contribution in [0.15, 0.2) is 47.5 Å². The van der Waals surface area contributed by atoms with Crippen molar-refractivity contribution < 1.29 is 18.7 Å².